The molecule has 0 aliphatic carbocycles. The first-order chi connectivity index (χ1) is 12.8. The molecule has 0 bridgehead atoms. The summed E-state index contributed by atoms with van der Waals surface area (Å²) < 4.78 is 31.5. The second-order valence-corrected chi connectivity index (χ2v) is 9.54. The van der Waals surface area contributed by atoms with Crippen molar-refractivity contribution < 1.29 is 13.2 Å². The number of thiazole rings is 1. The minimum absolute atomic E-state index is 0.391. The first-order valence-corrected chi connectivity index (χ1v) is 11.7. The number of aromatic nitrogens is 1. The Hall–Kier alpha value is -1.90. The van der Waals surface area contributed by atoms with Crippen LogP contribution in [0.25, 0.3) is 21.8 Å². The number of hydrogen-bond donors (Lipinski definition) is 0. The molecule has 0 aliphatic rings. The van der Waals surface area contributed by atoms with Crippen LogP contribution in [0.2, 0.25) is 0 Å². The van der Waals surface area contributed by atoms with Gasteiger partial charge in [-0.3, -0.25) is 4.31 Å². The van der Waals surface area contributed by atoms with Crippen LogP contribution in [0.15, 0.2) is 52.3 Å². The van der Waals surface area contributed by atoms with Gasteiger partial charge in [0.15, 0.2) is 0 Å². The van der Waals surface area contributed by atoms with E-state index in [9.17, 15) is 8.42 Å². The number of benzene rings is 2. The topological polar surface area (TPSA) is 59.5 Å². The van der Waals surface area contributed by atoms with Crippen molar-refractivity contribution in [3.63, 3.8) is 0 Å². The van der Waals surface area contributed by atoms with Gasteiger partial charge >= 0.3 is 0 Å². The molecule has 0 unspecified atom stereocenters. The molecule has 1 aromatic heterocycles. The van der Waals surface area contributed by atoms with Crippen molar-refractivity contribution in [3.05, 3.63) is 52.3 Å². The molecular weight excluding hydrogens is 448 g/mol. The van der Waals surface area contributed by atoms with Crippen molar-refractivity contribution in [3.8, 4) is 27.6 Å². The maximum absolute atomic E-state index is 11.9. The van der Waals surface area contributed by atoms with E-state index < -0.39 is 10.0 Å². The van der Waals surface area contributed by atoms with Gasteiger partial charge in [0.25, 0.3) is 0 Å². The summed E-state index contributed by atoms with van der Waals surface area (Å²) in [6.07, 6.45) is 1.21. The molecule has 0 N–H and O–H groups in total. The highest BCUT2D eigenvalue weighted by molar-refractivity contribution is 9.10. The molecule has 27 heavy (non-hydrogen) atoms. The van der Waals surface area contributed by atoms with Gasteiger partial charge in [0.1, 0.15) is 10.8 Å². The minimum Gasteiger partial charge on any atom is -0.496 e. The SMILES string of the molecule is CCN(c1ccc(-c2csc(-c3cc(Br)ccc3OC)n2)cc1)S(C)(=O)=O. The van der Waals surface area contributed by atoms with Crippen LogP contribution in [0.4, 0.5) is 5.69 Å². The molecule has 8 heteroatoms. The molecule has 3 rings (SSSR count). The van der Waals surface area contributed by atoms with Gasteiger partial charge in [-0.05, 0) is 37.3 Å². The number of rotatable bonds is 6. The van der Waals surface area contributed by atoms with Crippen molar-refractivity contribution >= 4 is 43.0 Å². The second kappa shape index (κ2) is 8.00. The van der Waals surface area contributed by atoms with Gasteiger partial charge in [-0.2, -0.15) is 0 Å². The lowest BCUT2D eigenvalue weighted by Crippen LogP contribution is -2.29. The molecule has 0 aliphatic heterocycles. The quantitative estimate of drug-likeness (QED) is 0.510. The fourth-order valence-corrected chi connectivity index (χ4v) is 4.97. The first-order valence-electron chi connectivity index (χ1n) is 8.21. The fourth-order valence-electron chi connectivity index (χ4n) is 2.78. The average molecular weight is 467 g/mol. The van der Waals surface area contributed by atoms with Crippen LogP contribution in [0.5, 0.6) is 5.75 Å². The Morgan fingerprint density at radius 3 is 2.48 bits per heavy atom. The van der Waals surface area contributed by atoms with E-state index in [1.165, 1.54) is 21.9 Å². The molecule has 0 atom stereocenters. The molecule has 142 valence electrons. The number of sulfonamides is 1. The summed E-state index contributed by atoms with van der Waals surface area (Å²) in [5, 5.41) is 2.84. The number of nitrogens with zero attached hydrogens (tertiary/aromatic N) is 2. The van der Waals surface area contributed by atoms with E-state index in [-0.39, 0.29) is 0 Å². The largest absolute Gasteiger partial charge is 0.496 e. The van der Waals surface area contributed by atoms with Crippen LogP contribution >= 0.6 is 27.3 Å². The Kier molecular flexibility index (Phi) is 5.88. The zero-order valence-electron chi connectivity index (χ0n) is 15.1. The predicted octanol–water partition coefficient (Wildman–Crippen LogP) is 5.03. The highest BCUT2D eigenvalue weighted by Crippen LogP contribution is 2.36. The Morgan fingerprint density at radius 2 is 1.89 bits per heavy atom. The van der Waals surface area contributed by atoms with Crippen LogP contribution in [-0.2, 0) is 10.0 Å². The highest BCUT2D eigenvalue weighted by Gasteiger charge is 2.16. The monoisotopic (exact) mass is 466 g/mol. The van der Waals surface area contributed by atoms with Gasteiger partial charge in [0.05, 0.1) is 30.3 Å². The molecule has 3 aromatic rings. The van der Waals surface area contributed by atoms with Crippen LogP contribution in [0.1, 0.15) is 6.92 Å². The highest BCUT2D eigenvalue weighted by atomic mass is 79.9. The van der Waals surface area contributed by atoms with E-state index >= 15 is 0 Å². The van der Waals surface area contributed by atoms with E-state index in [4.69, 9.17) is 9.72 Å². The molecule has 0 saturated heterocycles. The molecule has 0 amide bonds. The minimum atomic E-state index is -3.29. The standard InChI is InChI=1S/C19H19BrN2O3S2/c1-4-22(27(3,23)24)15-8-5-13(6-9-15)17-12-26-19(21-17)16-11-14(20)7-10-18(16)25-2/h5-12H,4H2,1-3H3. The van der Waals surface area contributed by atoms with E-state index in [1.54, 1.807) is 19.2 Å². The maximum Gasteiger partial charge on any atom is 0.232 e. The molecule has 0 saturated carbocycles. The van der Waals surface area contributed by atoms with Crippen molar-refractivity contribution in [2.24, 2.45) is 0 Å². The number of halogens is 1. The molecule has 1 heterocycles. The molecule has 2 aromatic carbocycles. The van der Waals surface area contributed by atoms with Gasteiger partial charge in [-0.25, -0.2) is 13.4 Å². The summed E-state index contributed by atoms with van der Waals surface area (Å²) in [6.45, 7) is 2.20. The van der Waals surface area contributed by atoms with Crippen LogP contribution in [0.3, 0.4) is 0 Å². The third-order valence-electron chi connectivity index (χ3n) is 4.03. The summed E-state index contributed by atoms with van der Waals surface area (Å²) in [4.78, 5) is 4.73. The number of anilines is 1. The number of hydrogen-bond acceptors (Lipinski definition) is 5. The van der Waals surface area contributed by atoms with Crippen molar-refractivity contribution in [2.45, 2.75) is 6.92 Å². The van der Waals surface area contributed by atoms with Crippen LogP contribution < -0.4 is 9.04 Å². The molecule has 5 nitrogen and oxygen atoms in total. The Bertz CT molecular complexity index is 1050. The summed E-state index contributed by atoms with van der Waals surface area (Å²) in [7, 11) is -1.65. The van der Waals surface area contributed by atoms with E-state index in [0.29, 0.717) is 12.2 Å². The molecular formula is C19H19BrN2O3S2. The van der Waals surface area contributed by atoms with E-state index in [2.05, 4.69) is 15.9 Å². The summed E-state index contributed by atoms with van der Waals surface area (Å²) >= 11 is 5.02. The predicted molar refractivity (Wildman–Crippen MR) is 115 cm³/mol. The van der Waals surface area contributed by atoms with Crippen LogP contribution in [-0.4, -0.2) is 33.3 Å². The summed E-state index contributed by atoms with van der Waals surface area (Å²) in [5.74, 6) is 0.765. The zero-order chi connectivity index (χ0) is 19.6. The summed E-state index contributed by atoms with van der Waals surface area (Å²) in [6, 6.07) is 13.2. The lowest BCUT2D eigenvalue weighted by Gasteiger charge is -2.20. The van der Waals surface area contributed by atoms with Gasteiger partial charge in [-0.1, -0.05) is 28.1 Å². The normalized spacial score (nSPS) is 11.4. The van der Waals surface area contributed by atoms with E-state index in [0.717, 1.165) is 32.1 Å². The van der Waals surface area contributed by atoms with Crippen molar-refractivity contribution in [1.29, 1.82) is 0 Å². The molecule has 0 radical (unpaired) electrons. The van der Waals surface area contributed by atoms with Gasteiger partial charge in [-0.15, -0.1) is 11.3 Å². The van der Waals surface area contributed by atoms with Crippen molar-refractivity contribution in [1.82, 2.24) is 4.98 Å². The average Bonchev–Trinajstić information content (AvgIpc) is 3.11. The summed E-state index contributed by atoms with van der Waals surface area (Å²) in [5.41, 5.74) is 3.34. The lowest BCUT2D eigenvalue weighted by atomic mass is 10.1. The molecule has 0 spiro atoms. The number of methoxy groups -OCH3 is 1. The third kappa shape index (κ3) is 4.34. The van der Waals surface area contributed by atoms with E-state index in [1.807, 2.05) is 42.6 Å². The third-order valence-corrected chi connectivity index (χ3v) is 6.67. The van der Waals surface area contributed by atoms with Crippen molar-refractivity contribution in [2.75, 3.05) is 24.2 Å². The lowest BCUT2D eigenvalue weighted by molar-refractivity contribution is 0.416. The molecule has 0 fully saturated rings. The second-order valence-electron chi connectivity index (χ2n) is 5.86. The Balaban J connectivity index is 1.93. The van der Waals surface area contributed by atoms with Gasteiger partial charge < -0.3 is 4.74 Å². The Morgan fingerprint density at radius 1 is 1.19 bits per heavy atom. The maximum atomic E-state index is 11.9. The Labute approximate surface area is 171 Å². The zero-order valence-corrected chi connectivity index (χ0v) is 18.4. The van der Waals surface area contributed by atoms with Gasteiger partial charge in [0, 0.05) is 22.0 Å². The smallest absolute Gasteiger partial charge is 0.232 e. The van der Waals surface area contributed by atoms with Crippen LogP contribution in [0, 0.1) is 0 Å². The number of ether oxygens (including phenoxy) is 1. The van der Waals surface area contributed by atoms with Gasteiger partial charge in [0.2, 0.25) is 10.0 Å². The fraction of sp³-hybridized carbons (Fsp3) is 0.211. The first kappa shape index (κ1) is 19.9.